The highest BCUT2D eigenvalue weighted by atomic mass is 32.2. The molecule has 29 heavy (non-hydrogen) atoms. The zero-order chi connectivity index (χ0) is 21.2. The van der Waals surface area contributed by atoms with Gasteiger partial charge in [0.1, 0.15) is 10.6 Å². The molecule has 0 saturated carbocycles. The van der Waals surface area contributed by atoms with E-state index in [0.717, 1.165) is 5.56 Å². The number of aryl methyl sites for hydroxylation is 1. The Morgan fingerprint density at radius 3 is 2.34 bits per heavy atom. The number of nitrogens with one attached hydrogen (secondary N) is 1. The Morgan fingerprint density at radius 1 is 1.17 bits per heavy atom. The van der Waals surface area contributed by atoms with Crippen molar-refractivity contribution in [3.63, 3.8) is 0 Å². The summed E-state index contributed by atoms with van der Waals surface area (Å²) in [4.78, 5) is 24.0. The minimum atomic E-state index is -3.74. The van der Waals surface area contributed by atoms with E-state index in [4.69, 9.17) is 5.73 Å². The van der Waals surface area contributed by atoms with Gasteiger partial charge in [-0.05, 0) is 31.4 Å². The number of carbonyl (C=O) groups is 2. The summed E-state index contributed by atoms with van der Waals surface area (Å²) in [7, 11) is -2.17. The first kappa shape index (κ1) is 21.1. The van der Waals surface area contributed by atoms with Crippen LogP contribution in [0.15, 0.2) is 47.5 Å². The van der Waals surface area contributed by atoms with Crippen molar-refractivity contribution in [2.45, 2.75) is 30.7 Å². The third-order valence-electron chi connectivity index (χ3n) is 5.35. The molecule has 1 fully saturated rings. The second-order valence-corrected chi connectivity index (χ2v) is 9.29. The van der Waals surface area contributed by atoms with Gasteiger partial charge in [-0.15, -0.1) is 0 Å². The van der Waals surface area contributed by atoms with E-state index in [1.54, 1.807) is 7.05 Å². The lowest BCUT2D eigenvalue weighted by atomic mass is 9.96. The van der Waals surface area contributed by atoms with Crippen molar-refractivity contribution >= 4 is 21.8 Å². The molecule has 1 aromatic carbocycles. The molecule has 1 aliphatic heterocycles. The van der Waals surface area contributed by atoms with Gasteiger partial charge in [0.25, 0.3) is 5.91 Å². The van der Waals surface area contributed by atoms with Crippen LogP contribution in [0.2, 0.25) is 0 Å². The standard InChI is InChI=1S/C20H26N4O4S/c1-14(15-6-4-3-5-7-15)22-20(26)16-8-10-24(11-9-16)29(27,28)17-12-18(19(21)25)23(2)13-17/h3-7,12-14,16H,8-11H2,1-2H3,(H2,21,25)(H,22,26). The fourth-order valence-electron chi connectivity index (χ4n) is 3.58. The van der Waals surface area contributed by atoms with E-state index in [0.29, 0.717) is 12.8 Å². The van der Waals surface area contributed by atoms with E-state index in [1.165, 1.54) is 21.1 Å². The fourth-order valence-corrected chi connectivity index (χ4v) is 5.13. The summed E-state index contributed by atoms with van der Waals surface area (Å²) >= 11 is 0. The first-order valence-electron chi connectivity index (χ1n) is 9.52. The Kier molecular flexibility index (Phi) is 6.09. The molecular formula is C20H26N4O4S. The Hall–Kier alpha value is -2.65. The maximum absolute atomic E-state index is 12.9. The van der Waals surface area contributed by atoms with Crippen LogP contribution in [0.5, 0.6) is 0 Å². The van der Waals surface area contributed by atoms with Crippen LogP contribution in [0.4, 0.5) is 0 Å². The molecule has 2 amide bonds. The summed E-state index contributed by atoms with van der Waals surface area (Å²) in [5, 5.41) is 3.01. The summed E-state index contributed by atoms with van der Waals surface area (Å²) in [6, 6.07) is 10.9. The number of hydrogen-bond acceptors (Lipinski definition) is 4. The maximum atomic E-state index is 12.9. The molecule has 9 heteroatoms. The molecule has 0 radical (unpaired) electrons. The van der Waals surface area contributed by atoms with Gasteiger partial charge in [-0.25, -0.2) is 8.42 Å². The van der Waals surface area contributed by atoms with Crippen LogP contribution >= 0.6 is 0 Å². The molecule has 156 valence electrons. The number of nitrogens with zero attached hydrogens (tertiary/aromatic N) is 2. The maximum Gasteiger partial charge on any atom is 0.265 e. The van der Waals surface area contributed by atoms with Crippen molar-refractivity contribution in [2.24, 2.45) is 18.7 Å². The predicted molar refractivity (Wildman–Crippen MR) is 108 cm³/mol. The topological polar surface area (TPSA) is 114 Å². The Morgan fingerprint density at radius 2 is 1.79 bits per heavy atom. The highest BCUT2D eigenvalue weighted by Gasteiger charge is 2.33. The molecule has 0 aliphatic carbocycles. The molecule has 1 saturated heterocycles. The summed E-state index contributed by atoms with van der Waals surface area (Å²) in [6.07, 6.45) is 2.28. The first-order valence-corrected chi connectivity index (χ1v) is 11.0. The first-order chi connectivity index (χ1) is 13.7. The summed E-state index contributed by atoms with van der Waals surface area (Å²) in [5.74, 6) is -0.976. The summed E-state index contributed by atoms with van der Waals surface area (Å²) < 4.78 is 28.5. The lowest BCUT2D eigenvalue weighted by Gasteiger charge is -2.31. The number of piperidine rings is 1. The highest BCUT2D eigenvalue weighted by molar-refractivity contribution is 7.89. The van der Waals surface area contributed by atoms with Gasteiger partial charge in [0.15, 0.2) is 0 Å². The number of amides is 2. The molecule has 2 aromatic rings. The molecule has 2 heterocycles. The van der Waals surface area contributed by atoms with E-state index < -0.39 is 15.9 Å². The van der Waals surface area contributed by atoms with Gasteiger partial charge in [0.05, 0.1) is 6.04 Å². The second-order valence-electron chi connectivity index (χ2n) is 7.36. The SMILES string of the molecule is CC(NC(=O)C1CCN(S(=O)(=O)c2cc(C(N)=O)n(C)c2)CC1)c1ccccc1. The van der Waals surface area contributed by atoms with E-state index >= 15 is 0 Å². The average molecular weight is 419 g/mol. The molecule has 3 N–H and O–H groups in total. The van der Waals surface area contributed by atoms with Crippen molar-refractivity contribution in [3.8, 4) is 0 Å². The lowest BCUT2D eigenvalue weighted by molar-refractivity contribution is -0.126. The highest BCUT2D eigenvalue weighted by Crippen LogP contribution is 2.25. The van der Waals surface area contributed by atoms with Crippen molar-refractivity contribution in [2.75, 3.05) is 13.1 Å². The van der Waals surface area contributed by atoms with Gasteiger partial charge < -0.3 is 15.6 Å². The number of benzene rings is 1. The molecule has 0 bridgehead atoms. The fraction of sp³-hybridized carbons (Fsp3) is 0.400. The number of nitrogens with two attached hydrogens (primary N) is 1. The number of carbonyl (C=O) groups excluding carboxylic acids is 2. The largest absolute Gasteiger partial charge is 0.364 e. The monoisotopic (exact) mass is 418 g/mol. The van der Waals surface area contributed by atoms with Gasteiger partial charge in [0.2, 0.25) is 15.9 Å². The van der Waals surface area contributed by atoms with Crippen LogP contribution in [-0.4, -0.2) is 42.2 Å². The molecule has 1 atom stereocenters. The van der Waals surface area contributed by atoms with Crippen LogP contribution in [0, 0.1) is 5.92 Å². The minimum Gasteiger partial charge on any atom is -0.364 e. The molecule has 8 nitrogen and oxygen atoms in total. The third-order valence-corrected chi connectivity index (χ3v) is 7.22. The van der Waals surface area contributed by atoms with E-state index in [-0.39, 0.29) is 41.5 Å². The molecule has 3 rings (SSSR count). The Balaban J connectivity index is 1.61. The predicted octanol–water partition coefficient (Wildman–Crippen LogP) is 1.40. The van der Waals surface area contributed by atoms with Gasteiger partial charge in [-0.2, -0.15) is 4.31 Å². The van der Waals surface area contributed by atoms with Crippen molar-refractivity contribution in [1.82, 2.24) is 14.2 Å². The zero-order valence-corrected chi connectivity index (χ0v) is 17.4. The Labute approximate surface area is 170 Å². The smallest absolute Gasteiger partial charge is 0.265 e. The van der Waals surface area contributed by atoms with Gasteiger partial charge in [0, 0.05) is 32.3 Å². The van der Waals surface area contributed by atoms with Crippen molar-refractivity contribution < 1.29 is 18.0 Å². The van der Waals surface area contributed by atoms with Gasteiger partial charge in [-0.1, -0.05) is 30.3 Å². The Bertz CT molecular complexity index is 993. The van der Waals surface area contributed by atoms with E-state index in [1.807, 2.05) is 37.3 Å². The summed E-state index contributed by atoms with van der Waals surface area (Å²) in [6.45, 7) is 2.43. The van der Waals surface area contributed by atoms with E-state index in [2.05, 4.69) is 5.32 Å². The van der Waals surface area contributed by atoms with Gasteiger partial charge in [-0.3, -0.25) is 9.59 Å². The second kappa shape index (κ2) is 8.38. The third kappa shape index (κ3) is 4.51. The quantitative estimate of drug-likeness (QED) is 0.738. The summed E-state index contributed by atoms with van der Waals surface area (Å²) in [5.41, 5.74) is 6.43. The van der Waals surface area contributed by atoms with Crippen LogP contribution < -0.4 is 11.1 Å². The number of aromatic nitrogens is 1. The van der Waals surface area contributed by atoms with E-state index in [9.17, 15) is 18.0 Å². The molecule has 1 aliphatic rings. The van der Waals surface area contributed by atoms with Crippen LogP contribution in [-0.2, 0) is 21.9 Å². The average Bonchev–Trinajstić information content (AvgIpc) is 3.11. The van der Waals surface area contributed by atoms with Gasteiger partial charge >= 0.3 is 0 Å². The molecular weight excluding hydrogens is 392 g/mol. The van der Waals surface area contributed by atoms with Crippen LogP contribution in [0.25, 0.3) is 0 Å². The number of sulfonamides is 1. The molecule has 1 aromatic heterocycles. The number of rotatable bonds is 6. The normalized spacial score (nSPS) is 17.0. The molecule has 0 spiro atoms. The molecule has 1 unspecified atom stereocenters. The minimum absolute atomic E-state index is 0.0365. The van der Waals surface area contributed by atoms with Crippen LogP contribution in [0.3, 0.4) is 0 Å². The van der Waals surface area contributed by atoms with Crippen molar-refractivity contribution in [1.29, 1.82) is 0 Å². The van der Waals surface area contributed by atoms with Crippen molar-refractivity contribution in [3.05, 3.63) is 53.9 Å². The lowest BCUT2D eigenvalue weighted by Crippen LogP contribution is -2.43. The zero-order valence-electron chi connectivity index (χ0n) is 16.5. The number of primary amides is 1. The van der Waals surface area contributed by atoms with Crippen LogP contribution in [0.1, 0.15) is 41.9 Å². The number of hydrogen-bond donors (Lipinski definition) is 2.